The van der Waals surface area contributed by atoms with Crippen molar-refractivity contribution in [3.63, 3.8) is 0 Å². The normalized spacial score (nSPS) is 19.1. The lowest BCUT2D eigenvalue weighted by molar-refractivity contribution is 0.0437. The van der Waals surface area contributed by atoms with Crippen molar-refractivity contribution in [2.45, 2.75) is 45.8 Å². The fourth-order valence-electron chi connectivity index (χ4n) is 2.48. The summed E-state index contributed by atoms with van der Waals surface area (Å²) < 4.78 is 6.82. The van der Waals surface area contributed by atoms with Crippen LogP contribution in [0.1, 0.15) is 43.0 Å². The molecule has 0 saturated carbocycles. The number of rotatable bonds is 1. The molecule has 2 aromatic heterocycles. The van der Waals surface area contributed by atoms with E-state index in [0.717, 1.165) is 21.7 Å². The molecule has 19 heavy (non-hydrogen) atoms. The fraction of sp³-hybridized carbons (Fsp3) is 0.538. The second-order valence-corrected chi connectivity index (χ2v) is 6.39. The molecule has 0 spiro atoms. The summed E-state index contributed by atoms with van der Waals surface area (Å²) in [6, 6.07) is 0. The fourth-order valence-corrected chi connectivity index (χ4v) is 3.60. The minimum atomic E-state index is -0.139. The van der Waals surface area contributed by atoms with Crippen LogP contribution in [0, 0.1) is 0 Å². The van der Waals surface area contributed by atoms with Crippen LogP contribution in [0.15, 0.2) is 4.79 Å². The summed E-state index contributed by atoms with van der Waals surface area (Å²) in [4.78, 5) is 18.9. The molecular formula is C13H17N3O2S. The van der Waals surface area contributed by atoms with Gasteiger partial charge >= 0.3 is 0 Å². The van der Waals surface area contributed by atoms with E-state index in [0.29, 0.717) is 17.8 Å². The lowest BCUT2D eigenvalue weighted by Gasteiger charge is -2.19. The van der Waals surface area contributed by atoms with E-state index in [-0.39, 0.29) is 17.6 Å². The van der Waals surface area contributed by atoms with Gasteiger partial charge in [-0.15, -0.1) is 11.3 Å². The minimum absolute atomic E-state index is 0.122. The first-order valence-electron chi connectivity index (χ1n) is 6.43. The summed E-state index contributed by atoms with van der Waals surface area (Å²) in [6.07, 6.45) is 0.897. The molecular weight excluding hydrogens is 262 g/mol. The number of ether oxygens (including phenoxy) is 1. The molecule has 0 aliphatic carbocycles. The Kier molecular flexibility index (Phi) is 2.87. The van der Waals surface area contributed by atoms with Gasteiger partial charge in [0.25, 0.3) is 5.56 Å². The Morgan fingerprint density at radius 1 is 1.53 bits per heavy atom. The van der Waals surface area contributed by atoms with Crippen LogP contribution >= 0.6 is 11.3 Å². The van der Waals surface area contributed by atoms with Crippen LogP contribution in [0.4, 0.5) is 0 Å². The number of hydrogen-bond acceptors (Lipinski definition) is 5. The highest BCUT2D eigenvalue weighted by Crippen LogP contribution is 2.33. The van der Waals surface area contributed by atoms with Gasteiger partial charge in [-0.05, 0) is 12.5 Å². The zero-order valence-electron chi connectivity index (χ0n) is 11.3. The number of nitrogens with zero attached hydrogens (tertiary/aromatic N) is 2. The Morgan fingerprint density at radius 2 is 2.26 bits per heavy atom. The molecule has 0 bridgehead atoms. The van der Waals surface area contributed by atoms with Crippen LogP contribution < -0.4 is 11.4 Å². The minimum Gasteiger partial charge on any atom is -0.373 e. The Bertz CT molecular complexity index is 702. The summed E-state index contributed by atoms with van der Waals surface area (Å²) in [5.74, 6) is 6.64. The van der Waals surface area contributed by atoms with Crippen molar-refractivity contribution in [2.24, 2.45) is 0 Å². The molecule has 2 aromatic rings. The van der Waals surface area contributed by atoms with Gasteiger partial charge in [-0.3, -0.25) is 4.79 Å². The van der Waals surface area contributed by atoms with Gasteiger partial charge in [0.15, 0.2) is 0 Å². The van der Waals surface area contributed by atoms with E-state index in [1.807, 2.05) is 20.8 Å². The van der Waals surface area contributed by atoms with Crippen LogP contribution in [0.3, 0.4) is 0 Å². The molecule has 5 nitrogen and oxygen atoms in total. The molecule has 1 unspecified atom stereocenters. The standard InChI is InChI=1S/C13H17N3O2S/c1-6(2)11-15-12-10(13(17)16(11)14)8-4-7(3)18-5-9(8)19-12/h6-7H,4-5,14H2,1-3H3. The zero-order valence-corrected chi connectivity index (χ0v) is 12.1. The molecule has 102 valence electrons. The Hall–Kier alpha value is -1.40. The first-order chi connectivity index (χ1) is 8.99. The van der Waals surface area contributed by atoms with E-state index in [2.05, 4.69) is 4.98 Å². The zero-order chi connectivity index (χ0) is 13.7. The van der Waals surface area contributed by atoms with Gasteiger partial charge in [-0.2, -0.15) is 0 Å². The van der Waals surface area contributed by atoms with Crippen LogP contribution in [0.5, 0.6) is 0 Å². The van der Waals surface area contributed by atoms with Crippen molar-refractivity contribution in [2.75, 3.05) is 5.84 Å². The number of hydrogen-bond donors (Lipinski definition) is 1. The van der Waals surface area contributed by atoms with Crippen LogP contribution in [-0.2, 0) is 17.8 Å². The average molecular weight is 279 g/mol. The third-order valence-electron chi connectivity index (χ3n) is 3.47. The molecule has 6 heteroatoms. The van der Waals surface area contributed by atoms with E-state index in [1.54, 1.807) is 11.3 Å². The van der Waals surface area contributed by atoms with Gasteiger partial charge in [0.1, 0.15) is 10.7 Å². The number of thiophene rings is 1. The average Bonchev–Trinajstić information content (AvgIpc) is 2.71. The maximum Gasteiger partial charge on any atom is 0.280 e. The molecule has 0 amide bonds. The van der Waals surface area contributed by atoms with E-state index in [9.17, 15) is 4.79 Å². The summed E-state index contributed by atoms with van der Waals surface area (Å²) in [6.45, 7) is 6.55. The maximum atomic E-state index is 12.5. The highest BCUT2D eigenvalue weighted by atomic mass is 32.1. The molecule has 0 fully saturated rings. The first-order valence-corrected chi connectivity index (χ1v) is 7.24. The topological polar surface area (TPSA) is 70.1 Å². The summed E-state index contributed by atoms with van der Waals surface area (Å²) in [5.41, 5.74) is 0.936. The summed E-state index contributed by atoms with van der Waals surface area (Å²) in [7, 11) is 0. The first kappa shape index (κ1) is 12.6. The van der Waals surface area contributed by atoms with Crippen molar-refractivity contribution in [1.82, 2.24) is 9.66 Å². The SMILES string of the molecule is CC1Cc2c(sc3nc(C(C)C)n(N)c(=O)c23)CO1. The van der Waals surface area contributed by atoms with E-state index in [4.69, 9.17) is 10.6 Å². The summed E-state index contributed by atoms with van der Waals surface area (Å²) >= 11 is 1.55. The summed E-state index contributed by atoms with van der Waals surface area (Å²) in [5, 5.41) is 0.682. The van der Waals surface area contributed by atoms with Gasteiger partial charge in [-0.1, -0.05) is 13.8 Å². The smallest absolute Gasteiger partial charge is 0.280 e. The van der Waals surface area contributed by atoms with Crippen LogP contribution in [0.2, 0.25) is 0 Å². The van der Waals surface area contributed by atoms with E-state index >= 15 is 0 Å². The Balaban J connectivity index is 2.33. The lowest BCUT2D eigenvalue weighted by Crippen LogP contribution is -2.32. The maximum absolute atomic E-state index is 12.5. The number of nitrogens with two attached hydrogens (primary N) is 1. The van der Waals surface area contributed by atoms with Crippen molar-refractivity contribution >= 4 is 21.6 Å². The number of nitrogen functional groups attached to an aromatic ring is 1. The predicted molar refractivity (Wildman–Crippen MR) is 76.1 cm³/mol. The second-order valence-electron chi connectivity index (χ2n) is 5.31. The second kappa shape index (κ2) is 4.31. The molecule has 1 aliphatic rings. The van der Waals surface area contributed by atoms with Gasteiger partial charge in [0.05, 0.1) is 18.1 Å². The van der Waals surface area contributed by atoms with Crippen molar-refractivity contribution in [1.29, 1.82) is 0 Å². The quantitative estimate of drug-likeness (QED) is 0.807. The number of fused-ring (bicyclic) bond motifs is 3. The molecule has 0 radical (unpaired) electrons. The Labute approximate surface area is 115 Å². The molecule has 0 saturated heterocycles. The molecule has 1 atom stereocenters. The van der Waals surface area contributed by atoms with Gasteiger partial charge < -0.3 is 10.6 Å². The molecule has 1 aliphatic heterocycles. The predicted octanol–water partition coefficient (Wildman–Crippen LogP) is 1.76. The largest absolute Gasteiger partial charge is 0.373 e. The number of aromatic nitrogens is 2. The van der Waals surface area contributed by atoms with Crippen LogP contribution in [-0.4, -0.2) is 15.8 Å². The van der Waals surface area contributed by atoms with Gasteiger partial charge in [-0.25, -0.2) is 9.66 Å². The van der Waals surface area contributed by atoms with Crippen molar-refractivity contribution in [3.8, 4) is 0 Å². The highest BCUT2D eigenvalue weighted by molar-refractivity contribution is 7.18. The molecule has 3 rings (SSSR count). The third-order valence-corrected chi connectivity index (χ3v) is 4.57. The van der Waals surface area contributed by atoms with E-state index in [1.165, 1.54) is 4.68 Å². The lowest BCUT2D eigenvalue weighted by atomic mass is 10.0. The van der Waals surface area contributed by atoms with Gasteiger partial charge in [0, 0.05) is 17.2 Å². The molecule has 3 heterocycles. The third kappa shape index (κ3) is 1.86. The Morgan fingerprint density at radius 3 is 2.95 bits per heavy atom. The monoisotopic (exact) mass is 279 g/mol. The van der Waals surface area contributed by atoms with Crippen LogP contribution in [0.25, 0.3) is 10.2 Å². The highest BCUT2D eigenvalue weighted by Gasteiger charge is 2.25. The molecule has 0 aromatic carbocycles. The van der Waals surface area contributed by atoms with E-state index < -0.39 is 0 Å². The van der Waals surface area contributed by atoms with Crippen molar-refractivity contribution < 1.29 is 4.74 Å². The van der Waals surface area contributed by atoms with Crippen molar-refractivity contribution in [3.05, 3.63) is 26.6 Å². The molecule has 2 N–H and O–H groups in total. The van der Waals surface area contributed by atoms with Gasteiger partial charge in [0.2, 0.25) is 0 Å².